The third kappa shape index (κ3) is 4.10. The second-order valence-electron chi connectivity index (χ2n) is 6.38. The summed E-state index contributed by atoms with van der Waals surface area (Å²) in [5, 5.41) is 3.28. The molecule has 0 aliphatic heterocycles. The number of Topliss-reactive ketones (excluding diaryl/α,β-unsaturated/α-hetero) is 1. The third-order valence-electron chi connectivity index (χ3n) is 3.96. The van der Waals surface area contributed by atoms with E-state index in [0.717, 1.165) is 22.8 Å². The summed E-state index contributed by atoms with van der Waals surface area (Å²) < 4.78 is 0. The summed E-state index contributed by atoms with van der Waals surface area (Å²) in [6.45, 7) is 5.87. The zero-order valence-corrected chi connectivity index (χ0v) is 14.7. The predicted molar refractivity (Wildman–Crippen MR) is 101 cm³/mol. The second kappa shape index (κ2) is 7.26. The van der Waals surface area contributed by atoms with Gasteiger partial charge in [-0.25, -0.2) is 9.97 Å². The second-order valence-corrected chi connectivity index (χ2v) is 6.38. The van der Waals surface area contributed by atoms with Crippen LogP contribution in [0.4, 0.5) is 11.5 Å². The van der Waals surface area contributed by atoms with Gasteiger partial charge in [0.15, 0.2) is 5.78 Å². The first-order chi connectivity index (χ1) is 12.0. The number of rotatable bonds is 5. The van der Waals surface area contributed by atoms with Gasteiger partial charge in [-0.1, -0.05) is 49.7 Å². The first kappa shape index (κ1) is 16.8. The molecule has 25 heavy (non-hydrogen) atoms. The van der Waals surface area contributed by atoms with E-state index in [0.29, 0.717) is 5.56 Å². The van der Waals surface area contributed by atoms with Gasteiger partial charge in [0.25, 0.3) is 0 Å². The van der Waals surface area contributed by atoms with E-state index in [1.54, 1.807) is 0 Å². The lowest BCUT2D eigenvalue weighted by Crippen LogP contribution is -2.07. The summed E-state index contributed by atoms with van der Waals surface area (Å²) in [5.41, 5.74) is 4.57. The number of nitrogens with one attached hydrogen (secondary N) is 1. The number of hydrogen-bond acceptors (Lipinski definition) is 4. The molecular formula is C21H21N3O. The van der Waals surface area contributed by atoms with E-state index in [1.165, 1.54) is 11.9 Å². The van der Waals surface area contributed by atoms with Crippen LogP contribution in [0.5, 0.6) is 0 Å². The van der Waals surface area contributed by atoms with Crippen LogP contribution < -0.4 is 5.32 Å². The molecule has 0 saturated heterocycles. The van der Waals surface area contributed by atoms with E-state index >= 15 is 0 Å². The van der Waals surface area contributed by atoms with Gasteiger partial charge < -0.3 is 5.32 Å². The van der Waals surface area contributed by atoms with Crippen molar-refractivity contribution in [2.24, 2.45) is 5.92 Å². The highest BCUT2D eigenvalue weighted by atomic mass is 16.1. The third-order valence-corrected chi connectivity index (χ3v) is 3.96. The predicted octanol–water partition coefficient (Wildman–Crippen LogP) is 5.03. The minimum absolute atomic E-state index is 0.0283. The van der Waals surface area contributed by atoms with Crippen molar-refractivity contribution in [1.29, 1.82) is 0 Å². The highest BCUT2D eigenvalue weighted by molar-refractivity contribution is 5.98. The zero-order valence-electron chi connectivity index (χ0n) is 14.7. The Kier molecular flexibility index (Phi) is 4.89. The summed E-state index contributed by atoms with van der Waals surface area (Å²) in [7, 11) is 0. The molecule has 0 aliphatic carbocycles. The molecule has 126 valence electrons. The Labute approximate surface area is 148 Å². The Morgan fingerprint density at radius 1 is 1.00 bits per heavy atom. The molecule has 0 saturated carbocycles. The van der Waals surface area contributed by atoms with E-state index in [1.807, 2.05) is 68.4 Å². The van der Waals surface area contributed by atoms with E-state index in [9.17, 15) is 4.79 Å². The lowest BCUT2D eigenvalue weighted by Gasteiger charge is -2.09. The summed E-state index contributed by atoms with van der Waals surface area (Å²) in [4.78, 5) is 20.8. The molecule has 0 radical (unpaired) electrons. The van der Waals surface area contributed by atoms with Gasteiger partial charge >= 0.3 is 0 Å². The minimum Gasteiger partial charge on any atom is -0.340 e. The molecule has 1 heterocycles. The summed E-state index contributed by atoms with van der Waals surface area (Å²) in [6.07, 6.45) is 1.53. The molecule has 0 unspecified atom stereocenters. The number of nitrogens with zero attached hydrogens (tertiary/aromatic N) is 2. The standard InChI is InChI=1S/C21H21N3O/c1-14(2)21(25)17-6-4-5-16(11-17)19-12-20(23-13-22-19)24-18-9-7-15(3)8-10-18/h4-14H,1-3H3,(H,22,23,24). The summed E-state index contributed by atoms with van der Waals surface area (Å²) >= 11 is 0. The Bertz CT molecular complexity index is 886. The van der Waals surface area contributed by atoms with Crippen molar-refractivity contribution in [2.75, 3.05) is 5.32 Å². The lowest BCUT2D eigenvalue weighted by atomic mass is 9.98. The lowest BCUT2D eigenvalue weighted by molar-refractivity contribution is 0.0939. The average Bonchev–Trinajstić information content (AvgIpc) is 2.63. The molecule has 0 aliphatic rings. The number of hydrogen-bond donors (Lipinski definition) is 1. The van der Waals surface area contributed by atoms with Crippen LogP contribution in [0.3, 0.4) is 0 Å². The fourth-order valence-corrected chi connectivity index (χ4v) is 2.53. The molecule has 4 heteroatoms. The normalized spacial score (nSPS) is 10.7. The van der Waals surface area contributed by atoms with Gasteiger partial charge in [-0.2, -0.15) is 0 Å². The van der Waals surface area contributed by atoms with Crippen LogP contribution in [0.15, 0.2) is 60.9 Å². The number of carbonyl (C=O) groups excluding carboxylic acids is 1. The van der Waals surface area contributed by atoms with E-state index in [2.05, 4.69) is 22.2 Å². The van der Waals surface area contributed by atoms with E-state index in [4.69, 9.17) is 0 Å². The number of carbonyl (C=O) groups is 1. The van der Waals surface area contributed by atoms with E-state index < -0.39 is 0 Å². The van der Waals surface area contributed by atoms with Gasteiger partial charge in [0, 0.05) is 28.8 Å². The fraction of sp³-hybridized carbons (Fsp3) is 0.190. The number of aromatic nitrogens is 2. The van der Waals surface area contributed by atoms with Crippen molar-refractivity contribution in [3.8, 4) is 11.3 Å². The number of ketones is 1. The van der Waals surface area contributed by atoms with Crippen LogP contribution in [0.1, 0.15) is 29.8 Å². The van der Waals surface area contributed by atoms with Gasteiger partial charge in [0.05, 0.1) is 5.69 Å². The molecule has 0 amide bonds. The molecule has 4 nitrogen and oxygen atoms in total. The van der Waals surface area contributed by atoms with E-state index in [-0.39, 0.29) is 11.7 Å². The van der Waals surface area contributed by atoms with Crippen LogP contribution >= 0.6 is 0 Å². The summed E-state index contributed by atoms with van der Waals surface area (Å²) in [6, 6.07) is 17.6. The molecular weight excluding hydrogens is 310 g/mol. The van der Waals surface area contributed by atoms with Crippen LogP contribution in [-0.2, 0) is 0 Å². The average molecular weight is 331 g/mol. The molecule has 0 fully saturated rings. The van der Waals surface area contributed by atoms with Crippen molar-refractivity contribution >= 4 is 17.3 Å². The van der Waals surface area contributed by atoms with Crippen molar-refractivity contribution in [1.82, 2.24) is 9.97 Å². The summed E-state index contributed by atoms with van der Waals surface area (Å²) in [5.74, 6) is 0.822. The monoisotopic (exact) mass is 331 g/mol. The number of benzene rings is 2. The number of anilines is 2. The maximum Gasteiger partial charge on any atom is 0.165 e. The molecule has 2 aromatic carbocycles. The van der Waals surface area contributed by atoms with Crippen molar-refractivity contribution < 1.29 is 4.79 Å². The smallest absolute Gasteiger partial charge is 0.165 e. The molecule has 3 rings (SSSR count). The van der Waals surface area contributed by atoms with Crippen molar-refractivity contribution in [2.45, 2.75) is 20.8 Å². The van der Waals surface area contributed by atoms with Gasteiger partial charge in [0.1, 0.15) is 12.1 Å². The van der Waals surface area contributed by atoms with Gasteiger partial charge in [-0.3, -0.25) is 4.79 Å². The van der Waals surface area contributed by atoms with Crippen LogP contribution in [0.2, 0.25) is 0 Å². The fourth-order valence-electron chi connectivity index (χ4n) is 2.53. The highest BCUT2D eigenvalue weighted by Gasteiger charge is 2.11. The maximum absolute atomic E-state index is 12.2. The topological polar surface area (TPSA) is 54.9 Å². The Morgan fingerprint density at radius 3 is 2.48 bits per heavy atom. The van der Waals surface area contributed by atoms with Gasteiger partial charge in [-0.15, -0.1) is 0 Å². The first-order valence-corrected chi connectivity index (χ1v) is 8.33. The maximum atomic E-state index is 12.2. The van der Waals surface area contributed by atoms with Crippen LogP contribution in [-0.4, -0.2) is 15.8 Å². The van der Waals surface area contributed by atoms with Crippen LogP contribution in [0.25, 0.3) is 11.3 Å². The molecule has 1 aromatic heterocycles. The first-order valence-electron chi connectivity index (χ1n) is 8.33. The molecule has 3 aromatic rings. The Balaban J connectivity index is 1.87. The Hall–Kier alpha value is -3.01. The minimum atomic E-state index is -0.0283. The number of aryl methyl sites for hydroxylation is 1. The van der Waals surface area contributed by atoms with Crippen LogP contribution in [0, 0.1) is 12.8 Å². The molecule has 1 N–H and O–H groups in total. The Morgan fingerprint density at radius 2 is 1.76 bits per heavy atom. The quantitative estimate of drug-likeness (QED) is 0.666. The van der Waals surface area contributed by atoms with Crippen molar-refractivity contribution in [3.63, 3.8) is 0 Å². The highest BCUT2D eigenvalue weighted by Crippen LogP contribution is 2.23. The molecule has 0 atom stereocenters. The van der Waals surface area contributed by atoms with Gasteiger partial charge in [-0.05, 0) is 25.1 Å². The van der Waals surface area contributed by atoms with Crippen molar-refractivity contribution in [3.05, 3.63) is 72.1 Å². The zero-order chi connectivity index (χ0) is 17.8. The molecule has 0 bridgehead atoms. The van der Waals surface area contributed by atoms with Gasteiger partial charge in [0.2, 0.25) is 0 Å². The SMILES string of the molecule is Cc1ccc(Nc2cc(-c3cccc(C(=O)C(C)C)c3)ncn2)cc1. The molecule has 0 spiro atoms. The largest absolute Gasteiger partial charge is 0.340 e.